The second-order valence-electron chi connectivity index (χ2n) is 7.63. The number of sulfonamides is 1. The van der Waals surface area contributed by atoms with Gasteiger partial charge in [-0.2, -0.15) is 0 Å². The summed E-state index contributed by atoms with van der Waals surface area (Å²) in [4.78, 5) is 26.4. The monoisotopic (exact) mass is 431 g/mol. The van der Waals surface area contributed by atoms with Crippen LogP contribution in [0.4, 0.5) is 11.4 Å². The molecule has 0 aromatic heterocycles. The number of benzene rings is 2. The van der Waals surface area contributed by atoms with Crippen LogP contribution in [0.25, 0.3) is 0 Å². The average Bonchev–Trinajstić information content (AvgIpc) is 2.62. The zero-order valence-electron chi connectivity index (χ0n) is 18.3. The van der Waals surface area contributed by atoms with E-state index in [2.05, 4.69) is 5.32 Å². The molecule has 162 valence electrons. The fourth-order valence-corrected chi connectivity index (χ4v) is 4.23. The highest BCUT2D eigenvalue weighted by atomic mass is 32.2. The van der Waals surface area contributed by atoms with Crippen molar-refractivity contribution in [3.05, 3.63) is 58.7 Å². The van der Waals surface area contributed by atoms with Crippen molar-refractivity contribution in [2.24, 2.45) is 0 Å². The Morgan fingerprint density at radius 3 is 2.03 bits per heavy atom. The summed E-state index contributed by atoms with van der Waals surface area (Å²) in [6.45, 7) is 7.03. The van der Waals surface area contributed by atoms with Crippen molar-refractivity contribution in [1.29, 1.82) is 0 Å². The molecule has 0 unspecified atom stereocenters. The number of hydrogen-bond donors (Lipinski definition) is 1. The van der Waals surface area contributed by atoms with Crippen molar-refractivity contribution in [2.75, 3.05) is 36.0 Å². The topological polar surface area (TPSA) is 86.8 Å². The van der Waals surface area contributed by atoms with Crippen LogP contribution >= 0.6 is 0 Å². The van der Waals surface area contributed by atoms with Gasteiger partial charge < -0.3 is 10.2 Å². The van der Waals surface area contributed by atoms with Crippen LogP contribution in [-0.4, -0.2) is 51.5 Å². The lowest BCUT2D eigenvalue weighted by atomic mass is 10.1. The average molecular weight is 432 g/mol. The fraction of sp³-hybridized carbons (Fsp3) is 0.364. The summed E-state index contributed by atoms with van der Waals surface area (Å²) in [5, 5.41) is 2.85. The van der Waals surface area contributed by atoms with Crippen LogP contribution in [0.1, 0.15) is 22.3 Å². The van der Waals surface area contributed by atoms with E-state index in [1.54, 1.807) is 31.2 Å². The van der Waals surface area contributed by atoms with E-state index in [1.165, 1.54) is 11.9 Å². The second-order valence-corrected chi connectivity index (χ2v) is 9.53. The van der Waals surface area contributed by atoms with Crippen molar-refractivity contribution in [2.45, 2.75) is 27.7 Å². The Balaban J connectivity index is 2.11. The normalized spacial score (nSPS) is 11.1. The maximum atomic E-state index is 12.7. The minimum Gasteiger partial charge on any atom is -0.335 e. The van der Waals surface area contributed by atoms with E-state index in [9.17, 15) is 18.0 Å². The molecular weight excluding hydrogens is 402 g/mol. The summed E-state index contributed by atoms with van der Waals surface area (Å²) in [7, 11) is -2.19. The summed E-state index contributed by atoms with van der Waals surface area (Å²) in [6, 6.07) is 10.9. The quantitative estimate of drug-likeness (QED) is 0.730. The fourth-order valence-electron chi connectivity index (χ4n) is 3.33. The van der Waals surface area contributed by atoms with Crippen LogP contribution in [0, 0.1) is 27.7 Å². The molecule has 7 nitrogen and oxygen atoms in total. The van der Waals surface area contributed by atoms with E-state index in [0.717, 1.165) is 38.5 Å². The smallest absolute Gasteiger partial charge is 0.243 e. The van der Waals surface area contributed by atoms with Crippen molar-refractivity contribution in [3.8, 4) is 0 Å². The Labute approximate surface area is 178 Å². The Morgan fingerprint density at radius 2 is 1.50 bits per heavy atom. The van der Waals surface area contributed by atoms with E-state index in [-0.39, 0.29) is 19.0 Å². The van der Waals surface area contributed by atoms with Gasteiger partial charge in [0.15, 0.2) is 0 Å². The number of nitrogens with one attached hydrogen (secondary N) is 1. The van der Waals surface area contributed by atoms with Gasteiger partial charge in [0.05, 0.1) is 18.5 Å². The van der Waals surface area contributed by atoms with Gasteiger partial charge in [-0.05, 0) is 50.5 Å². The highest BCUT2D eigenvalue weighted by molar-refractivity contribution is 7.92. The highest BCUT2D eigenvalue weighted by Crippen LogP contribution is 2.23. The first-order valence-electron chi connectivity index (χ1n) is 9.55. The molecule has 0 spiro atoms. The number of carbonyl (C=O) groups is 2. The molecule has 1 N–H and O–H groups in total. The molecule has 0 aliphatic heterocycles. The third-order valence-electron chi connectivity index (χ3n) is 4.81. The Hall–Kier alpha value is -2.87. The second kappa shape index (κ2) is 9.30. The number of anilines is 2. The number of carbonyl (C=O) groups excluding carboxylic acids is 2. The van der Waals surface area contributed by atoms with Gasteiger partial charge in [-0.1, -0.05) is 35.9 Å². The van der Waals surface area contributed by atoms with E-state index >= 15 is 0 Å². The van der Waals surface area contributed by atoms with Crippen LogP contribution in [0.5, 0.6) is 0 Å². The van der Waals surface area contributed by atoms with Gasteiger partial charge in [0.2, 0.25) is 21.8 Å². The lowest BCUT2D eigenvalue weighted by Gasteiger charge is -2.26. The zero-order valence-corrected chi connectivity index (χ0v) is 19.1. The van der Waals surface area contributed by atoms with E-state index in [0.29, 0.717) is 5.69 Å². The lowest BCUT2D eigenvalue weighted by Crippen LogP contribution is -2.43. The summed E-state index contributed by atoms with van der Waals surface area (Å²) >= 11 is 0. The van der Waals surface area contributed by atoms with Crippen molar-refractivity contribution in [1.82, 2.24) is 4.90 Å². The van der Waals surface area contributed by atoms with Gasteiger partial charge in [0, 0.05) is 12.7 Å². The maximum Gasteiger partial charge on any atom is 0.243 e. The third kappa shape index (κ3) is 5.82. The minimum absolute atomic E-state index is 0.184. The van der Waals surface area contributed by atoms with Crippen molar-refractivity contribution in [3.63, 3.8) is 0 Å². The standard InChI is InChI=1S/C22H29N3O4S/c1-15-11-17(3)22(18(4)12-15)23-20(26)13-24(5)21(27)14-25(30(6,28)29)19-10-8-7-9-16(19)2/h7-12H,13-14H2,1-6H3,(H,23,26). The van der Waals surface area contributed by atoms with Crippen LogP contribution in [0.15, 0.2) is 36.4 Å². The van der Waals surface area contributed by atoms with E-state index in [1.807, 2.05) is 32.9 Å². The molecule has 2 amide bonds. The molecule has 0 fully saturated rings. The molecule has 0 heterocycles. The largest absolute Gasteiger partial charge is 0.335 e. The SMILES string of the molecule is Cc1cc(C)c(NC(=O)CN(C)C(=O)CN(c2ccccc2C)S(C)(=O)=O)c(C)c1. The predicted molar refractivity (Wildman–Crippen MR) is 120 cm³/mol. The van der Waals surface area contributed by atoms with Gasteiger partial charge in [-0.15, -0.1) is 0 Å². The number of likely N-dealkylation sites (N-methyl/N-ethyl adjacent to an activating group) is 1. The molecule has 0 aliphatic rings. The molecule has 8 heteroatoms. The molecule has 0 bridgehead atoms. The molecule has 30 heavy (non-hydrogen) atoms. The van der Waals surface area contributed by atoms with Crippen molar-refractivity contribution >= 4 is 33.2 Å². The van der Waals surface area contributed by atoms with Crippen molar-refractivity contribution < 1.29 is 18.0 Å². The molecule has 0 saturated heterocycles. The number of nitrogens with zero attached hydrogens (tertiary/aromatic N) is 2. The maximum absolute atomic E-state index is 12.7. The number of aryl methyl sites for hydroxylation is 4. The number of para-hydroxylation sites is 1. The first kappa shape index (κ1) is 23.4. The molecule has 2 aromatic carbocycles. The van der Waals surface area contributed by atoms with Crippen LogP contribution in [0.3, 0.4) is 0 Å². The minimum atomic E-state index is -3.68. The van der Waals surface area contributed by atoms with E-state index in [4.69, 9.17) is 0 Å². The van der Waals surface area contributed by atoms with Gasteiger partial charge >= 0.3 is 0 Å². The Morgan fingerprint density at radius 1 is 0.933 bits per heavy atom. The predicted octanol–water partition coefficient (Wildman–Crippen LogP) is 2.78. The summed E-state index contributed by atoms with van der Waals surface area (Å²) in [5.41, 5.74) is 4.89. The molecule has 0 radical (unpaired) electrons. The molecule has 0 atom stereocenters. The van der Waals surface area contributed by atoms with E-state index < -0.39 is 15.9 Å². The molecular formula is C22H29N3O4S. The summed E-state index contributed by atoms with van der Waals surface area (Å²) in [6.07, 6.45) is 1.06. The zero-order chi connectivity index (χ0) is 22.6. The Kier molecular flexibility index (Phi) is 7.25. The van der Waals surface area contributed by atoms with Crippen LogP contribution < -0.4 is 9.62 Å². The number of hydrogen-bond acceptors (Lipinski definition) is 4. The highest BCUT2D eigenvalue weighted by Gasteiger charge is 2.24. The van der Waals surface area contributed by atoms with Crippen LogP contribution in [-0.2, 0) is 19.6 Å². The lowest BCUT2D eigenvalue weighted by molar-refractivity contribution is -0.131. The molecule has 0 aliphatic carbocycles. The summed E-state index contributed by atoms with van der Waals surface area (Å²) < 4.78 is 25.6. The number of amides is 2. The summed E-state index contributed by atoms with van der Waals surface area (Å²) in [5.74, 6) is -0.820. The number of rotatable bonds is 7. The Bertz CT molecular complexity index is 1040. The molecule has 2 rings (SSSR count). The molecule has 2 aromatic rings. The third-order valence-corrected chi connectivity index (χ3v) is 5.94. The van der Waals surface area contributed by atoms with Crippen LogP contribution in [0.2, 0.25) is 0 Å². The van der Waals surface area contributed by atoms with Gasteiger partial charge in [0.25, 0.3) is 0 Å². The van der Waals surface area contributed by atoms with Gasteiger partial charge in [-0.25, -0.2) is 8.42 Å². The molecule has 0 saturated carbocycles. The van der Waals surface area contributed by atoms with Gasteiger partial charge in [0.1, 0.15) is 6.54 Å². The first-order valence-corrected chi connectivity index (χ1v) is 11.4. The first-order chi connectivity index (χ1) is 13.9. The van der Waals surface area contributed by atoms with Gasteiger partial charge in [-0.3, -0.25) is 13.9 Å².